The molecule has 1 aliphatic heterocycles. The number of amides is 1. The lowest BCUT2D eigenvalue weighted by Gasteiger charge is -2.33. The van der Waals surface area contributed by atoms with Gasteiger partial charge in [-0.3, -0.25) is 9.69 Å². The number of nitrogens with one attached hydrogen (secondary N) is 2. The van der Waals surface area contributed by atoms with Crippen LogP contribution in [0, 0.1) is 0 Å². The normalized spacial score (nSPS) is 18.9. The van der Waals surface area contributed by atoms with Crippen LogP contribution < -0.4 is 15.4 Å². The Bertz CT molecular complexity index is 488. The second-order valence-electron chi connectivity index (χ2n) is 6.43. The van der Waals surface area contributed by atoms with Crippen LogP contribution in [0.25, 0.3) is 0 Å². The van der Waals surface area contributed by atoms with Crippen molar-refractivity contribution in [2.45, 2.75) is 39.3 Å². The lowest BCUT2D eigenvalue weighted by molar-refractivity contribution is -0.122. The molecule has 1 aliphatic rings. The Hall–Kier alpha value is -1.59. The molecule has 1 aromatic carbocycles. The van der Waals surface area contributed by atoms with Gasteiger partial charge in [0.2, 0.25) is 5.91 Å². The van der Waals surface area contributed by atoms with Crippen molar-refractivity contribution >= 4 is 5.91 Å². The molecular formula is C18H29N3O2. The number of hydrogen-bond acceptors (Lipinski definition) is 4. The van der Waals surface area contributed by atoms with Crippen molar-refractivity contribution in [2.24, 2.45) is 0 Å². The first-order valence-electron chi connectivity index (χ1n) is 8.51. The van der Waals surface area contributed by atoms with E-state index < -0.39 is 0 Å². The zero-order valence-corrected chi connectivity index (χ0v) is 14.5. The Balaban J connectivity index is 1.68. The van der Waals surface area contributed by atoms with Crippen LogP contribution in [0.15, 0.2) is 24.3 Å². The first kappa shape index (κ1) is 17.8. The van der Waals surface area contributed by atoms with E-state index in [9.17, 15) is 4.79 Å². The van der Waals surface area contributed by atoms with Gasteiger partial charge in [0.15, 0.2) is 0 Å². The van der Waals surface area contributed by atoms with Gasteiger partial charge >= 0.3 is 0 Å². The SMILES string of the molecule is CC(C)Oc1ccc(CCNC(=O)CN2CCNC[C@@H]2C)cc1. The van der Waals surface area contributed by atoms with Crippen LogP contribution in [0.2, 0.25) is 0 Å². The highest BCUT2D eigenvalue weighted by Crippen LogP contribution is 2.13. The van der Waals surface area contributed by atoms with Crippen molar-refractivity contribution < 1.29 is 9.53 Å². The van der Waals surface area contributed by atoms with E-state index in [1.807, 2.05) is 26.0 Å². The van der Waals surface area contributed by atoms with Crippen molar-refractivity contribution in [3.8, 4) is 5.75 Å². The third-order valence-electron chi connectivity index (χ3n) is 4.02. The smallest absolute Gasteiger partial charge is 0.234 e. The molecule has 0 aromatic heterocycles. The van der Waals surface area contributed by atoms with Gasteiger partial charge in [-0.1, -0.05) is 12.1 Å². The quantitative estimate of drug-likeness (QED) is 0.798. The molecule has 23 heavy (non-hydrogen) atoms. The van der Waals surface area contributed by atoms with Crippen LogP contribution in [0.5, 0.6) is 5.75 Å². The van der Waals surface area contributed by atoms with Gasteiger partial charge in [-0.15, -0.1) is 0 Å². The van der Waals surface area contributed by atoms with Gasteiger partial charge < -0.3 is 15.4 Å². The van der Waals surface area contributed by atoms with Crippen molar-refractivity contribution in [3.63, 3.8) is 0 Å². The number of hydrogen-bond donors (Lipinski definition) is 2. The molecule has 2 N–H and O–H groups in total. The average molecular weight is 319 g/mol. The zero-order valence-electron chi connectivity index (χ0n) is 14.5. The molecule has 5 heteroatoms. The van der Waals surface area contributed by atoms with Crippen molar-refractivity contribution in [2.75, 3.05) is 32.7 Å². The summed E-state index contributed by atoms with van der Waals surface area (Å²) in [5, 5.41) is 6.35. The van der Waals surface area contributed by atoms with E-state index in [2.05, 4.69) is 34.6 Å². The minimum Gasteiger partial charge on any atom is -0.491 e. The molecule has 1 saturated heterocycles. The fourth-order valence-electron chi connectivity index (χ4n) is 2.71. The van der Waals surface area contributed by atoms with Gasteiger partial charge in [0, 0.05) is 32.2 Å². The van der Waals surface area contributed by atoms with E-state index in [0.717, 1.165) is 31.8 Å². The molecule has 0 spiro atoms. The Morgan fingerprint density at radius 2 is 2.13 bits per heavy atom. The van der Waals surface area contributed by atoms with Crippen LogP contribution in [0.1, 0.15) is 26.3 Å². The number of carbonyl (C=O) groups excluding carboxylic acids is 1. The highest BCUT2D eigenvalue weighted by atomic mass is 16.5. The van der Waals surface area contributed by atoms with E-state index in [-0.39, 0.29) is 12.0 Å². The van der Waals surface area contributed by atoms with E-state index in [0.29, 0.717) is 19.1 Å². The number of piperazine rings is 1. The Labute approximate surface area is 139 Å². The third-order valence-corrected chi connectivity index (χ3v) is 4.02. The summed E-state index contributed by atoms with van der Waals surface area (Å²) in [4.78, 5) is 14.3. The van der Waals surface area contributed by atoms with Crippen LogP contribution in [0.3, 0.4) is 0 Å². The maximum absolute atomic E-state index is 12.0. The second kappa shape index (κ2) is 8.89. The molecule has 0 unspecified atom stereocenters. The molecule has 2 rings (SSSR count). The highest BCUT2D eigenvalue weighted by Gasteiger charge is 2.19. The highest BCUT2D eigenvalue weighted by molar-refractivity contribution is 5.78. The predicted molar refractivity (Wildman–Crippen MR) is 92.8 cm³/mol. The molecule has 0 aliphatic carbocycles. The number of ether oxygens (including phenoxy) is 1. The van der Waals surface area contributed by atoms with Crippen molar-refractivity contribution in [1.29, 1.82) is 0 Å². The molecule has 1 amide bonds. The summed E-state index contributed by atoms with van der Waals surface area (Å²) in [6, 6.07) is 8.51. The summed E-state index contributed by atoms with van der Waals surface area (Å²) in [6.45, 7) is 10.2. The largest absolute Gasteiger partial charge is 0.491 e. The summed E-state index contributed by atoms with van der Waals surface area (Å²) in [5.74, 6) is 0.999. The minimum atomic E-state index is 0.110. The maximum atomic E-state index is 12.0. The predicted octanol–water partition coefficient (Wildman–Crippen LogP) is 1.43. The Morgan fingerprint density at radius 1 is 1.39 bits per heavy atom. The average Bonchev–Trinajstić information content (AvgIpc) is 2.51. The van der Waals surface area contributed by atoms with Crippen LogP contribution in [-0.4, -0.2) is 55.7 Å². The lowest BCUT2D eigenvalue weighted by atomic mass is 10.1. The van der Waals surface area contributed by atoms with Gasteiger partial charge in [0.05, 0.1) is 12.6 Å². The van der Waals surface area contributed by atoms with Crippen LogP contribution in [-0.2, 0) is 11.2 Å². The van der Waals surface area contributed by atoms with Crippen LogP contribution >= 0.6 is 0 Å². The summed E-state index contributed by atoms with van der Waals surface area (Å²) in [6.07, 6.45) is 1.03. The summed E-state index contributed by atoms with van der Waals surface area (Å²) in [7, 11) is 0. The molecule has 1 atom stereocenters. The number of nitrogens with zero attached hydrogens (tertiary/aromatic N) is 1. The van der Waals surface area contributed by atoms with Crippen LogP contribution in [0.4, 0.5) is 0 Å². The second-order valence-corrected chi connectivity index (χ2v) is 6.43. The molecule has 0 radical (unpaired) electrons. The summed E-state index contributed by atoms with van der Waals surface area (Å²) in [5.41, 5.74) is 1.21. The van der Waals surface area contributed by atoms with Gasteiger partial charge in [0.25, 0.3) is 0 Å². The molecule has 0 saturated carbocycles. The van der Waals surface area contributed by atoms with E-state index in [1.165, 1.54) is 5.56 Å². The first-order valence-corrected chi connectivity index (χ1v) is 8.51. The third kappa shape index (κ3) is 6.20. The number of carbonyl (C=O) groups is 1. The molecule has 5 nitrogen and oxygen atoms in total. The van der Waals surface area contributed by atoms with Gasteiger partial charge in [0.1, 0.15) is 5.75 Å². The Morgan fingerprint density at radius 3 is 2.78 bits per heavy atom. The molecule has 1 fully saturated rings. The van der Waals surface area contributed by atoms with Crippen molar-refractivity contribution in [3.05, 3.63) is 29.8 Å². The molecule has 0 bridgehead atoms. The van der Waals surface area contributed by atoms with E-state index in [1.54, 1.807) is 0 Å². The van der Waals surface area contributed by atoms with Crippen molar-refractivity contribution in [1.82, 2.24) is 15.5 Å². The standard InChI is InChI=1S/C18H29N3O2/c1-14(2)23-17-6-4-16(5-7-17)8-9-20-18(22)13-21-11-10-19-12-15(21)3/h4-7,14-15,19H,8-13H2,1-3H3,(H,20,22)/t15-/m0/s1. The summed E-state index contributed by atoms with van der Waals surface area (Å²) < 4.78 is 5.63. The number of rotatable bonds is 7. The minimum absolute atomic E-state index is 0.110. The monoisotopic (exact) mass is 319 g/mol. The number of benzene rings is 1. The maximum Gasteiger partial charge on any atom is 0.234 e. The fourth-order valence-corrected chi connectivity index (χ4v) is 2.71. The lowest BCUT2D eigenvalue weighted by Crippen LogP contribution is -2.52. The summed E-state index contributed by atoms with van der Waals surface area (Å²) >= 11 is 0. The fraction of sp³-hybridized carbons (Fsp3) is 0.611. The van der Waals surface area contributed by atoms with E-state index in [4.69, 9.17) is 4.74 Å². The van der Waals surface area contributed by atoms with Gasteiger partial charge in [-0.2, -0.15) is 0 Å². The molecule has 1 aromatic rings. The topological polar surface area (TPSA) is 53.6 Å². The molecule has 128 valence electrons. The molecular weight excluding hydrogens is 290 g/mol. The van der Waals surface area contributed by atoms with Gasteiger partial charge in [-0.25, -0.2) is 0 Å². The molecule has 1 heterocycles. The van der Waals surface area contributed by atoms with E-state index >= 15 is 0 Å². The zero-order chi connectivity index (χ0) is 16.7. The van der Waals surface area contributed by atoms with Gasteiger partial charge in [-0.05, 0) is 44.9 Å². The first-order chi connectivity index (χ1) is 11.0. The Kier molecular flexibility index (Phi) is 6.86.